The molecule has 0 fully saturated rings. The number of ether oxygens (including phenoxy) is 2. The monoisotopic (exact) mass is 502 g/mol. The molecule has 10 heteroatoms. The zero-order valence-electron chi connectivity index (χ0n) is 20.7. The summed E-state index contributed by atoms with van der Waals surface area (Å²) in [6, 6.07) is 6.03. The van der Waals surface area contributed by atoms with E-state index in [4.69, 9.17) is 9.47 Å². The van der Waals surface area contributed by atoms with Crippen molar-refractivity contribution >= 4 is 11.6 Å². The van der Waals surface area contributed by atoms with Gasteiger partial charge in [0.05, 0.1) is 11.2 Å². The molecule has 0 bridgehead atoms. The van der Waals surface area contributed by atoms with Gasteiger partial charge in [-0.15, -0.1) is 0 Å². The van der Waals surface area contributed by atoms with Crippen LogP contribution in [0.4, 0.5) is 18.0 Å². The van der Waals surface area contributed by atoms with Gasteiger partial charge in [-0.05, 0) is 45.2 Å². The van der Waals surface area contributed by atoms with Crippen LogP contribution in [-0.2, 0) is 16.0 Å². The second kappa shape index (κ2) is 11.4. The van der Waals surface area contributed by atoms with Gasteiger partial charge < -0.3 is 14.8 Å². The topological polar surface area (TPSA) is 77.8 Å². The van der Waals surface area contributed by atoms with Gasteiger partial charge in [0.2, 0.25) is 0 Å². The highest BCUT2D eigenvalue weighted by Gasteiger charge is 2.26. The van der Waals surface area contributed by atoms with Crippen molar-refractivity contribution in [2.75, 3.05) is 13.2 Å². The third kappa shape index (κ3) is 7.71. The van der Waals surface area contributed by atoms with Gasteiger partial charge in [-0.3, -0.25) is 0 Å². The lowest BCUT2D eigenvalue weighted by atomic mass is 10.1. The fourth-order valence-corrected chi connectivity index (χ4v) is 3.19. The standard InChI is InChI=1S/C26H29F3N4O3/c1-5-6-11-35-16-26(28,29)10-9-18-12-22-23(31-17-32-33(22)15-18)19-7-8-20(21(27)13-19)14-30-24(34)36-25(2,3)4/h7-8,12-13,15,17H,5-6,11,14,16H2,1-4H3,(H,30,34). The first-order valence-corrected chi connectivity index (χ1v) is 11.6. The van der Waals surface area contributed by atoms with Crippen LogP contribution < -0.4 is 5.32 Å². The average Bonchev–Trinajstić information content (AvgIpc) is 3.22. The third-order valence-electron chi connectivity index (χ3n) is 4.87. The molecule has 0 spiro atoms. The Labute approximate surface area is 208 Å². The van der Waals surface area contributed by atoms with Crippen LogP contribution in [0, 0.1) is 17.7 Å². The number of carbonyl (C=O) groups is 1. The average molecular weight is 503 g/mol. The number of alkyl carbamates (subject to hydrolysis) is 1. The van der Waals surface area contributed by atoms with Crippen LogP contribution in [0.2, 0.25) is 0 Å². The van der Waals surface area contributed by atoms with Gasteiger partial charge in [-0.25, -0.2) is 18.7 Å². The summed E-state index contributed by atoms with van der Waals surface area (Å²) in [5, 5.41) is 6.61. The maximum Gasteiger partial charge on any atom is 0.407 e. The van der Waals surface area contributed by atoms with Crippen molar-refractivity contribution in [2.24, 2.45) is 0 Å². The summed E-state index contributed by atoms with van der Waals surface area (Å²) in [6.45, 7) is 6.58. The van der Waals surface area contributed by atoms with E-state index in [0.29, 0.717) is 28.8 Å². The predicted molar refractivity (Wildman–Crippen MR) is 129 cm³/mol. The van der Waals surface area contributed by atoms with Gasteiger partial charge in [0.1, 0.15) is 24.4 Å². The minimum atomic E-state index is -3.29. The van der Waals surface area contributed by atoms with Gasteiger partial charge >= 0.3 is 12.0 Å². The Bertz CT molecular complexity index is 1270. The molecule has 2 heterocycles. The number of hydrogen-bond acceptors (Lipinski definition) is 5. The zero-order valence-corrected chi connectivity index (χ0v) is 20.7. The number of carbonyl (C=O) groups excluding carboxylic acids is 1. The van der Waals surface area contributed by atoms with Crippen LogP contribution in [-0.4, -0.2) is 45.4 Å². The summed E-state index contributed by atoms with van der Waals surface area (Å²) in [6.07, 6.45) is 3.69. The predicted octanol–water partition coefficient (Wildman–Crippen LogP) is 5.36. The summed E-state index contributed by atoms with van der Waals surface area (Å²) in [5.41, 5.74) is 1.24. The molecule has 3 aromatic rings. The van der Waals surface area contributed by atoms with E-state index in [9.17, 15) is 18.0 Å². The van der Waals surface area contributed by atoms with Gasteiger partial charge in [-0.1, -0.05) is 31.4 Å². The smallest absolute Gasteiger partial charge is 0.407 e. The number of rotatable bonds is 8. The van der Waals surface area contributed by atoms with Crippen molar-refractivity contribution in [1.82, 2.24) is 19.9 Å². The molecular formula is C26H29F3N4O3. The van der Waals surface area contributed by atoms with Gasteiger partial charge in [0.15, 0.2) is 0 Å². The lowest BCUT2D eigenvalue weighted by Gasteiger charge is -2.19. The lowest BCUT2D eigenvalue weighted by molar-refractivity contribution is -0.0332. The summed E-state index contributed by atoms with van der Waals surface area (Å²) in [4.78, 5) is 16.1. The summed E-state index contributed by atoms with van der Waals surface area (Å²) in [7, 11) is 0. The number of alkyl halides is 2. The minimum absolute atomic E-state index is 0.0541. The molecule has 0 saturated carbocycles. The maximum absolute atomic E-state index is 14.8. The minimum Gasteiger partial charge on any atom is -0.444 e. The molecule has 0 unspecified atom stereocenters. The number of unbranched alkanes of at least 4 members (excludes halogenated alkanes) is 1. The molecule has 2 aromatic heterocycles. The van der Waals surface area contributed by atoms with Crippen LogP contribution in [0.3, 0.4) is 0 Å². The quantitative estimate of drug-likeness (QED) is 0.331. The first-order valence-electron chi connectivity index (χ1n) is 11.6. The fraction of sp³-hybridized carbons (Fsp3) is 0.423. The molecule has 192 valence electrons. The number of benzene rings is 1. The van der Waals surface area contributed by atoms with Crippen molar-refractivity contribution in [2.45, 2.75) is 58.6 Å². The number of hydrogen-bond donors (Lipinski definition) is 1. The second-order valence-corrected chi connectivity index (χ2v) is 9.19. The number of nitrogens with zero attached hydrogens (tertiary/aromatic N) is 3. The van der Waals surface area contributed by atoms with Crippen LogP contribution in [0.5, 0.6) is 0 Å². The van der Waals surface area contributed by atoms with E-state index >= 15 is 0 Å². The number of amides is 1. The van der Waals surface area contributed by atoms with Crippen LogP contribution in [0.1, 0.15) is 51.7 Å². The Hall–Kier alpha value is -3.58. The Morgan fingerprint density at radius 2 is 2.00 bits per heavy atom. The van der Waals surface area contributed by atoms with E-state index in [2.05, 4.69) is 21.3 Å². The molecule has 1 N–H and O–H groups in total. The Kier molecular flexibility index (Phi) is 8.58. The number of nitrogens with one attached hydrogen (secondary N) is 1. The third-order valence-corrected chi connectivity index (χ3v) is 4.87. The molecular weight excluding hydrogens is 473 g/mol. The van der Waals surface area contributed by atoms with Crippen LogP contribution >= 0.6 is 0 Å². The second-order valence-electron chi connectivity index (χ2n) is 9.19. The number of aromatic nitrogens is 3. The molecule has 36 heavy (non-hydrogen) atoms. The maximum atomic E-state index is 14.8. The summed E-state index contributed by atoms with van der Waals surface area (Å²) >= 11 is 0. The van der Waals surface area contributed by atoms with Crippen molar-refractivity contribution in [3.8, 4) is 23.1 Å². The molecule has 7 nitrogen and oxygen atoms in total. The first kappa shape index (κ1) is 27.0. The Balaban J connectivity index is 1.77. The highest BCUT2D eigenvalue weighted by Crippen LogP contribution is 2.25. The van der Waals surface area contributed by atoms with E-state index in [0.717, 1.165) is 6.42 Å². The molecule has 3 rings (SSSR count). The van der Waals surface area contributed by atoms with Gasteiger partial charge in [0, 0.05) is 36.0 Å². The van der Waals surface area contributed by atoms with E-state index in [-0.39, 0.29) is 18.7 Å². The molecule has 0 aliphatic heterocycles. The van der Waals surface area contributed by atoms with E-state index in [1.165, 1.54) is 29.2 Å². The molecule has 0 radical (unpaired) electrons. The molecule has 0 aliphatic carbocycles. The van der Waals surface area contributed by atoms with Crippen LogP contribution in [0.15, 0.2) is 36.8 Å². The van der Waals surface area contributed by atoms with Crippen molar-refractivity contribution in [3.63, 3.8) is 0 Å². The summed E-state index contributed by atoms with van der Waals surface area (Å²) < 4.78 is 54.4. The Morgan fingerprint density at radius 3 is 2.69 bits per heavy atom. The lowest BCUT2D eigenvalue weighted by Crippen LogP contribution is -2.32. The van der Waals surface area contributed by atoms with Gasteiger partial charge in [-0.2, -0.15) is 13.9 Å². The van der Waals surface area contributed by atoms with E-state index in [1.807, 2.05) is 12.8 Å². The highest BCUT2D eigenvalue weighted by molar-refractivity contribution is 5.78. The molecule has 0 atom stereocenters. The number of halogens is 3. The molecule has 0 saturated heterocycles. The van der Waals surface area contributed by atoms with Crippen molar-refractivity contribution in [3.05, 3.63) is 53.7 Å². The number of fused-ring (bicyclic) bond motifs is 1. The molecule has 0 aliphatic rings. The first-order chi connectivity index (χ1) is 17.0. The van der Waals surface area contributed by atoms with Crippen LogP contribution in [0.25, 0.3) is 16.8 Å². The molecule has 1 amide bonds. The summed E-state index contributed by atoms with van der Waals surface area (Å²) in [5.74, 6) is 0.579. The van der Waals surface area contributed by atoms with Crippen molar-refractivity contribution in [1.29, 1.82) is 0 Å². The van der Waals surface area contributed by atoms with E-state index in [1.54, 1.807) is 32.9 Å². The fourth-order valence-electron chi connectivity index (χ4n) is 3.19. The highest BCUT2D eigenvalue weighted by atomic mass is 19.3. The zero-order chi connectivity index (χ0) is 26.3. The van der Waals surface area contributed by atoms with E-state index < -0.39 is 30.0 Å². The Morgan fingerprint density at radius 1 is 1.22 bits per heavy atom. The SMILES string of the molecule is CCCCOCC(F)(F)C#Cc1cc2c(-c3ccc(CNC(=O)OC(C)(C)C)c(F)c3)ncnn2c1. The normalized spacial score (nSPS) is 11.8. The molecule has 1 aromatic carbocycles. The van der Waals surface area contributed by atoms with Gasteiger partial charge in [0.25, 0.3) is 0 Å². The van der Waals surface area contributed by atoms with Crippen molar-refractivity contribution < 1.29 is 27.4 Å². The largest absolute Gasteiger partial charge is 0.444 e.